The molecule has 0 spiro atoms. The Hall–Kier alpha value is -15.8. The maximum Gasteiger partial charge on any atom is 3.00 e. The summed E-state index contributed by atoms with van der Waals surface area (Å²) in [4.78, 5) is 16.4. The van der Waals surface area contributed by atoms with Gasteiger partial charge in [0, 0.05) is 16.6 Å². The molecule has 6 aromatic heterocycles. The van der Waals surface area contributed by atoms with E-state index in [1.54, 1.807) is 0 Å². The first kappa shape index (κ1) is 72.3. The third kappa shape index (κ3) is 11.7. The molecule has 0 aliphatic heterocycles. The average Bonchev–Trinajstić information content (AvgIpc) is 1.50. The number of imidazole rings is 3. The van der Waals surface area contributed by atoms with E-state index in [1.807, 2.05) is 0 Å². The minimum Gasteiger partial charge on any atom is -0.333 e. The van der Waals surface area contributed by atoms with Crippen LogP contribution in [-0.4, -0.2) is 28.2 Å². The van der Waals surface area contributed by atoms with E-state index in [4.69, 9.17) is 15.0 Å². The van der Waals surface area contributed by atoms with E-state index in [0.29, 0.717) is 0 Å². The van der Waals surface area contributed by atoms with Gasteiger partial charge in [-0.3, -0.25) is 15.0 Å². The van der Waals surface area contributed by atoms with Crippen molar-refractivity contribution in [2.45, 2.75) is 0 Å². The minimum atomic E-state index is 0. The molecule has 7 heteroatoms. The molecule has 0 N–H and O–H groups in total. The van der Waals surface area contributed by atoms with Gasteiger partial charge in [-0.2, -0.15) is 0 Å². The molecule has 0 amide bonds. The summed E-state index contributed by atoms with van der Waals surface area (Å²) >= 11 is 0. The van der Waals surface area contributed by atoms with Crippen LogP contribution in [0.1, 0.15) is 0 Å². The zero-order chi connectivity index (χ0) is 80.7. The standard InChI is InChI=1S/C117H69N6.Ir/c1-7-31-73(32-8-1)94-67-103-100-64-79(55-58-91(100)115-118-106-49-25-28-52-109(106)121(115)112(103)70-97(94)76-37-13-4-14-38-76)85-43-19-22-46-88(85)82-61-83(89-47-23-20-44-86(89)80-56-59-92-101(65-80)104-68-95(74-33-9-2-10-34-74)98(77-39-15-5-16-40-77)71-113(104)122-110-53-29-26-50-107(110)119-116(92)122)63-84(62-82)90-48-24-21-45-87(90)81-57-60-93-102(66-81)105-69-96(75-35-11-3-12-36-75)99(78-41-17-6-18-42-78)72-114(105)123-111-54-30-27-51-108(111)120-117(93)123;/h1-57,61-72H;/q-3;+3. The fourth-order valence-electron chi connectivity index (χ4n) is 19.6. The van der Waals surface area contributed by atoms with Gasteiger partial charge in [0.1, 0.15) is 0 Å². The van der Waals surface area contributed by atoms with Gasteiger partial charge in [-0.1, -0.05) is 359 Å². The van der Waals surface area contributed by atoms with E-state index in [0.717, 1.165) is 249 Å². The first-order chi connectivity index (χ1) is 61.0. The van der Waals surface area contributed by atoms with Crippen LogP contribution < -0.4 is 0 Å². The van der Waals surface area contributed by atoms with E-state index in [-0.39, 0.29) is 20.1 Å². The van der Waals surface area contributed by atoms with Gasteiger partial charge in [-0.05, 0) is 189 Å². The molecule has 0 aliphatic carbocycles. The Bertz CT molecular complexity index is 7840. The molecule has 576 valence electrons. The summed E-state index contributed by atoms with van der Waals surface area (Å²) in [5.74, 6) is 0. The predicted octanol–water partition coefficient (Wildman–Crippen LogP) is 30.4. The summed E-state index contributed by atoms with van der Waals surface area (Å²) in [6, 6.07) is 164. The number of benzene rings is 19. The van der Waals surface area contributed by atoms with Gasteiger partial charge in [0.25, 0.3) is 0 Å². The first-order valence-corrected chi connectivity index (χ1v) is 41.9. The van der Waals surface area contributed by atoms with E-state index in [9.17, 15) is 0 Å². The van der Waals surface area contributed by atoms with Crippen molar-refractivity contribution in [1.82, 2.24) is 28.2 Å². The summed E-state index contributed by atoms with van der Waals surface area (Å²) in [6.45, 7) is 0. The van der Waals surface area contributed by atoms with Crippen LogP contribution in [0.3, 0.4) is 0 Å². The zero-order valence-electron chi connectivity index (χ0n) is 66.9. The average molecular weight is 1750 g/mol. The van der Waals surface area contributed by atoms with Gasteiger partial charge in [-0.25, -0.2) is 0 Å². The number of hydrogen-bond acceptors (Lipinski definition) is 3. The predicted molar refractivity (Wildman–Crippen MR) is 512 cm³/mol. The van der Waals surface area contributed by atoms with Crippen molar-refractivity contribution < 1.29 is 20.1 Å². The first-order valence-electron chi connectivity index (χ1n) is 41.9. The fraction of sp³-hybridized carbons (Fsp3) is 0. The van der Waals surface area contributed by atoms with Crippen molar-refractivity contribution in [3.63, 3.8) is 0 Å². The molecule has 0 saturated carbocycles. The maximum atomic E-state index is 5.45. The van der Waals surface area contributed by atoms with Crippen LogP contribution in [-0.2, 0) is 20.1 Å². The van der Waals surface area contributed by atoms with Crippen LogP contribution in [0.5, 0.6) is 0 Å². The van der Waals surface area contributed by atoms with E-state index < -0.39 is 0 Å². The Balaban J connectivity index is 0.00000864. The van der Waals surface area contributed by atoms with Crippen LogP contribution in [0, 0.1) is 18.2 Å². The Labute approximate surface area is 728 Å². The molecule has 19 aromatic carbocycles. The van der Waals surface area contributed by atoms with Crippen molar-refractivity contribution in [2.24, 2.45) is 0 Å². The van der Waals surface area contributed by atoms with E-state index >= 15 is 0 Å². The van der Waals surface area contributed by atoms with Gasteiger partial charge in [0.05, 0.1) is 50.0 Å². The number of para-hydroxylation sites is 6. The van der Waals surface area contributed by atoms with Crippen molar-refractivity contribution >= 4 is 115 Å². The normalized spacial score (nSPS) is 11.8. The van der Waals surface area contributed by atoms with Gasteiger partial charge in [0.15, 0.2) is 0 Å². The van der Waals surface area contributed by atoms with Crippen molar-refractivity contribution in [2.75, 3.05) is 0 Å². The van der Waals surface area contributed by atoms with Gasteiger partial charge >= 0.3 is 20.1 Å². The largest absolute Gasteiger partial charge is 3.00 e. The molecular weight excluding hydrogens is 1680 g/mol. The summed E-state index contributed by atoms with van der Waals surface area (Å²) in [6.07, 6.45) is 0. The number of hydrogen-bond donors (Lipinski definition) is 0. The van der Waals surface area contributed by atoms with Crippen molar-refractivity contribution in [3.8, 4) is 134 Å². The summed E-state index contributed by atoms with van der Waals surface area (Å²) in [7, 11) is 0. The van der Waals surface area contributed by atoms with Crippen LogP contribution in [0.25, 0.3) is 249 Å². The van der Waals surface area contributed by atoms with Gasteiger partial charge < -0.3 is 13.2 Å². The molecule has 25 aromatic rings. The van der Waals surface area contributed by atoms with Crippen LogP contribution in [0.15, 0.2) is 419 Å². The Morgan fingerprint density at radius 3 is 0.621 bits per heavy atom. The quantitative estimate of drug-likeness (QED) is 0.0905. The molecule has 0 saturated heterocycles. The number of pyridine rings is 3. The second kappa shape index (κ2) is 29.3. The molecule has 0 atom stereocenters. The van der Waals surface area contributed by atoms with Crippen LogP contribution in [0.2, 0.25) is 0 Å². The smallest absolute Gasteiger partial charge is 0.333 e. The minimum absolute atomic E-state index is 0. The Morgan fingerprint density at radius 2 is 0.371 bits per heavy atom. The van der Waals surface area contributed by atoms with Gasteiger partial charge in [-0.15, -0.1) is 70.8 Å². The topological polar surface area (TPSA) is 51.9 Å². The van der Waals surface area contributed by atoms with Crippen molar-refractivity contribution in [3.05, 3.63) is 437 Å². The Morgan fingerprint density at radius 1 is 0.161 bits per heavy atom. The second-order valence-corrected chi connectivity index (χ2v) is 32.2. The third-order valence-corrected chi connectivity index (χ3v) is 25.3. The molecule has 25 rings (SSSR count). The monoisotopic (exact) mass is 1750 g/mol. The number of rotatable bonds is 12. The molecule has 0 bridgehead atoms. The number of nitrogens with zero attached hydrogens (tertiary/aromatic N) is 6. The molecule has 0 aliphatic rings. The molecule has 6 nitrogen and oxygen atoms in total. The third-order valence-electron chi connectivity index (χ3n) is 25.3. The zero-order valence-corrected chi connectivity index (χ0v) is 69.2. The van der Waals surface area contributed by atoms with E-state index in [1.165, 1.54) is 0 Å². The molecule has 0 fully saturated rings. The molecular formula is C117H69IrN6. The number of fused-ring (bicyclic) bond motifs is 24. The van der Waals surface area contributed by atoms with Crippen molar-refractivity contribution in [1.29, 1.82) is 0 Å². The van der Waals surface area contributed by atoms with E-state index in [2.05, 4.69) is 450 Å². The maximum absolute atomic E-state index is 5.45. The van der Waals surface area contributed by atoms with Gasteiger partial charge in [0.2, 0.25) is 0 Å². The molecule has 124 heavy (non-hydrogen) atoms. The molecule has 0 radical (unpaired) electrons. The second-order valence-electron chi connectivity index (χ2n) is 32.2. The Kier molecular flexibility index (Phi) is 17.1. The molecule has 6 heterocycles. The SMILES string of the molecule is [Ir+3].[c-]1cc(-c2ccccc2-c2cc(-c3ccccc3-c3c[c-]c4c(c3)c3cc(-c5ccccc5)c(-c5ccccc5)cc3n3c5ccccc5nc43)cc(-c3ccccc3-c3c[c-]c4c(c3)c3cc(-c5ccccc5)c(-c5ccccc5)cc3n3c5ccccc5nc43)c2)cc2c1c1nc3ccccc3n1c1cc(-c3ccccc3)c(-c3ccccc3)cc21. The van der Waals surface area contributed by atoms with Crippen LogP contribution >= 0.6 is 0 Å². The summed E-state index contributed by atoms with van der Waals surface area (Å²) < 4.78 is 7.05. The summed E-state index contributed by atoms with van der Waals surface area (Å²) in [5, 5.41) is 9.39. The van der Waals surface area contributed by atoms with Crippen LogP contribution in [0.4, 0.5) is 0 Å². The summed E-state index contributed by atoms with van der Waals surface area (Å²) in [5.41, 5.74) is 38.2. The molecule has 0 unspecified atom stereocenters. The fourth-order valence-corrected chi connectivity index (χ4v) is 19.6. The number of aromatic nitrogens is 6.